The molecule has 0 atom stereocenters. The molecule has 0 saturated carbocycles. The minimum absolute atomic E-state index is 0.430. The number of likely N-dealkylation sites (tertiary alicyclic amines) is 1. The molecule has 1 saturated heterocycles. The van der Waals surface area contributed by atoms with Gasteiger partial charge in [0.05, 0.1) is 13.3 Å². The van der Waals surface area contributed by atoms with Gasteiger partial charge in [0.15, 0.2) is 16.7 Å². The minimum Gasteiger partial charge on any atom is -0.493 e. The lowest BCUT2D eigenvalue weighted by molar-refractivity contribution is 0.180. The molecular formula is C23H30N4O2S. The van der Waals surface area contributed by atoms with Gasteiger partial charge in [0.25, 0.3) is 0 Å². The minimum atomic E-state index is 0.430. The molecule has 2 aromatic rings. The zero-order chi connectivity index (χ0) is 21.0. The summed E-state index contributed by atoms with van der Waals surface area (Å²) in [7, 11) is 1.64. The van der Waals surface area contributed by atoms with E-state index in [-0.39, 0.29) is 0 Å². The predicted molar refractivity (Wildman–Crippen MR) is 126 cm³/mol. The Hall–Kier alpha value is -2.51. The number of nitrogens with two attached hydrogens (primary N) is 1. The average Bonchev–Trinajstić information content (AvgIpc) is 2.80. The highest BCUT2D eigenvalue weighted by Gasteiger charge is 2.11. The van der Waals surface area contributed by atoms with Crippen LogP contribution in [-0.4, -0.2) is 49.6 Å². The number of piperidine rings is 1. The summed E-state index contributed by atoms with van der Waals surface area (Å²) >= 11 is 1.46. The first-order valence-corrected chi connectivity index (χ1v) is 11.3. The summed E-state index contributed by atoms with van der Waals surface area (Å²) in [5.41, 5.74) is 8.01. The van der Waals surface area contributed by atoms with Gasteiger partial charge >= 0.3 is 0 Å². The van der Waals surface area contributed by atoms with Crippen LogP contribution in [-0.2, 0) is 5.75 Å². The number of thioether (sulfide) groups is 1. The second kappa shape index (κ2) is 12.2. The number of benzene rings is 2. The third-order valence-corrected chi connectivity index (χ3v) is 5.75. The summed E-state index contributed by atoms with van der Waals surface area (Å²) in [5, 5.41) is 8.59. The highest BCUT2D eigenvalue weighted by molar-refractivity contribution is 8.13. The molecule has 0 unspecified atom stereocenters. The summed E-state index contributed by atoms with van der Waals surface area (Å²) in [6, 6.07) is 15.9. The van der Waals surface area contributed by atoms with E-state index in [4.69, 9.17) is 15.2 Å². The molecule has 1 aliphatic heterocycles. The van der Waals surface area contributed by atoms with Crippen molar-refractivity contribution in [2.45, 2.75) is 25.0 Å². The van der Waals surface area contributed by atoms with Crippen LogP contribution in [0, 0.1) is 0 Å². The molecule has 2 N–H and O–H groups in total. The van der Waals surface area contributed by atoms with Crippen molar-refractivity contribution in [1.29, 1.82) is 0 Å². The summed E-state index contributed by atoms with van der Waals surface area (Å²) < 4.78 is 11.4. The van der Waals surface area contributed by atoms with Crippen molar-refractivity contribution in [1.82, 2.24) is 4.90 Å². The Morgan fingerprint density at radius 3 is 2.67 bits per heavy atom. The Balaban J connectivity index is 1.49. The van der Waals surface area contributed by atoms with E-state index in [1.807, 2.05) is 36.4 Å². The van der Waals surface area contributed by atoms with Crippen LogP contribution in [0.2, 0.25) is 0 Å². The van der Waals surface area contributed by atoms with Crippen molar-refractivity contribution >= 4 is 23.1 Å². The van der Waals surface area contributed by atoms with Gasteiger partial charge in [-0.15, -0.1) is 5.10 Å². The fourth-order valence-electron chi connectivity index (χ4n) is 3.26. The van der Waals surface area contributed by atoms with Crippen LogP contribution in [0.4, 0.5) is 0 Å². The van der Waals surface area contributed by atoms with Crippen LogP contribution in [0.1, 0.15) is 30.4 Å². The standard InChI is InChI=1S/C23H30N4O2S/c1-28-22-16-20(10-11-21(22)29-15-14-27-12-6-3-7-13-27)17-25-26-23(24)30-18-19-8-4-2-5-9-19/h2,4-5,8-11,16-17H,3,6-7,12-15,18H2,1H3,(H2,24,26). The van der Waals surface area contributed by atoms with E-state index in [0.29, 0.717) is 17.5 Å². The van der Waals surface area contributed by atoms with Gasteiger partial charge in [-0.3, -0.25) is 4.90 Å². The molecule has 0 aliphatic carbocycles. The fourth-order valence-corrected chi connectivity index (χ4v) is 3.88. The number of hydrogen-bond donors (Lipinski definition) is 1. The normalized spacial score (nSPS) is 15.4. The summed E-state index contributed by atoms with van der Waals surface area (Å²) in [6.07, 6.45) is 5.58. The quantitative estimate of drug-likeness (QED) is 0.371. The molecule has 0 bridgehead atoms. The van der Waals surface area contributed by atoms with E-state index in [0.717, 1.165) is 23.6 Å². The van der Waals surface area contributed by atoms with Gasteiger partial charge in [-0.1, -0.05) is 48.5 Å². The summed E-state index contributed by atoms with van der Waals surface area (Å²) in [5.74, 6) is 2.20. The van der Waals surface area contributed by atoms with Gasteiger partial charge in [-0.25, -0.2) is 0 Å². The van der Waals surface area contributed by atoms with Crippen LogP contribution in [0.15, 0.2) is 58.7 Å². The lowest BCUT2D eigenvalue weighted by atomic mass is 10.1. The average molecular weight is 427 g/mol. The third kappa shape index (κ3) is 7.39. The molecule has 7 heteroatoms. The number of hydrogen-bond acceptors (Lipinski definition) is 6. The first-order valence-electron chi connectivity index (χ1n) is 10.3. The Labute approximate surface area is 183 Å². The molecule has 1 fully saturated rings. The van der Waals surface area contributed by atoms with Crippen molar-refractivity contribution in [3.05, 3.63) is 59.7 Å². The SMILES string of the molecule is COc1cc(C=NN=C(N)SCc2ccccc2)ccc1OCCN1CCCCC1. The molecule has 160 valence electrons. The largest absolute Gasteiger partial charge is 0.493 e. The molecule has 3 rings (SSSR count). The molecule has 0 radical (unpaired) electrons. The number of nitrogens with zero attached hydrogens (tertiary/aromatic N) is 3. The van der Waals surface area contributed by atoms with E-state index >= 15 is 0 Å². The van der Waals surface area contributed by atoms with Crippen molar-refractivity contribution in [2.75, 3.05) is 33.4 Å². The van der Waals surface area contributed by atoms with Gasteiger partial charge in [-0.05, 0) is 55.3 Å². The Morgan fingerprint density at radius 1 is 1.10 bits per heavy atom. The van der Waals surface area contributed by atoms with Gasteiger partial charge in [0, 0.05) is 12.3 Å². The van der Waals surface area contributed by atoms with E-state index < -0.39 is 0 Å². The summed E-state index contributed by atoms with van der Waals surface area (Å²) in [6.45, 7) is 3.94. The lowest BCUT2D eigenvalue weighted by Gasteiger charge is -2.26. The van der Waals surface area contributed by atoms with Crippen molar-refractivity contribution < 1.29 is 9.47 Å². The van der Waals surface area contributed by atoms with Gasteiger partial charge in [-0.2, -0.15) is 5.10 Å². The van der Waals surface area contributed by atoms with Gasteiger partial charge in [0.1, 0.15) is 6.61 Å². The molecule has 6 nitrogen and oxygen atoms in total. The van der Waals surface area contributed by atoms with Crippen molar-refractivity contribution in [3.63, 3.8) is 0 Å². The van der Waals surface area contributed by atoms with E-state index in [1.54, 1.807) is 13.3 Å². The highest BCUT2D eigenvalue weighted by atomic mass is 32.2. The molecule has 2 aromatic carbocycles. The molecule has 0 aromatic heterocycles. The number of amidine groups is 1. The van der Waals surface area contributed by atoms with Gasteiger partial charge < -0.3 is 15.2 Å². The smallest absolute Gasteiger partial charge is 0.180 e. The topological polar surface area (TPSA) is 72.4 Å². The second-order valence-electron chi connectivity index (χ2n) is 7.12. The lowest BCUT2D eigenvalue weighted by Crippen LogP contribution is -2.33. The van der Waals surface area contributed by atoms with Crippen LogP contribution in [0.25, 0.3) is 0 Å². The Bertz CT molecular complexity index is 836. The van der Waals surface area contributed by atoms with E-state index in [1.165, 1.54) is 49.7 Å². The Kier molecular flexibility index (Phi) is 9.05. The van der Waals surface area contributed by atoms with E-state index in [9.17, 15) is 0 Å². The molecule has 1 heterocycles. The summed E-state index contributed by atoms with van der Waals surface area (Å²) in [4.78, 5) is 2.45. The number of methoxy groups -OCH3 is 1. The fraction of sp³-hybridized carbons (Fsp3) is 0.391. The molecule has 0 spiro atoms. The maximum absolute atomic E-state index is 5.94. The van der Waals surface area contributed by atoms with Gasteiger partial charge in [0.2, 0.25) is 0 Å². The van der Waals surface area contributed by atoms with Crippen LogP contribution in [0.5, 0.6) is 11.5 Å². The molecular weight excluding hydrogens is 396 g/mol. The molecule has 30 heavy (non-hydrogen) atoms. The number of rotatable bonds is 9. The first-order chi connectivity index (χ1) is 14.7. The maximum atomic E-state index is 5.94. The molecule has 0 amide bonds. The first kappa shape index (κ1) is 22.2. The second-order valence-corrected chi connectivity index (χ2v) is 8.11. The Morgan fingerprint density at radius 2 is 1.90 bits per heavy atom. The van der Waals surface area contributed by atoms with Crippen molar-refractivity contribution in [3.8, 4) is 11.5 Å². The molecule has 1 aliphatic rings. The maximum Gasteiger partial charge on any atom is 0.180 e. The monoisotopic (exact) mass is 426 g/mol. The van der Waals surface area contributed by atoms with Crippen LogP contribution < -0.4 is 15.2 Å². The zero-order valence-electron chi connectivity index (χ0n) is 17.5. The zero-order valence-corrected chi connectivity index (χ0v) is 18.3. The van der Waals surface area contributed by atoms with Crippen molar-refractivity contribution in [2.24, 2.45) is 15.9 Å². The number of ether oxygens (including phenoxy) is 2. The van der Waals surface area contributed by atoms with Crippen LogP contribution in [0.3, 0.4) is 0 Å². The predicted octanol–water partition coefficient (Wildman–Crippen LogP) is 4.14. The highest BCUT2D eigenvalue weighted by Crippen LogP contribution is 2.27. The van der Waals surface area contributed by atoms with Crippen LogP contribution >= 0.6 is 11.8 Å². The third-order valence-electron chi connectivity index (χ3n) is 4.89. The van der Waals surface area contributed by atoms with E-state index in [2.05, 4.69) is 27.2 Å².